The Balaban J connectivity index is 1.50. The molecule has 1 atom stereocenters. The van der Waals surface area contributed by atoms with Gasteiger partial charge in [-0.25, -0.2) is 9.78 Å². The Morgan fingerprint density at radius 3 is 2.81 bits per heavy atom. The summed E-state index contributed by atoms with van der Waals surface area (Å²) in [6, 6.07) is 13.0. The van der Waals surface area contributed by atoms with Crippen molar-refractivity contribution in [1.82, 2.24) is 19.0 Å². The highest BCUT2D eigenvalue weighted by Gasteiger charge is 2.30. The van der Waals surface area contributed by atoms with Gasteiger partial charge in [-0.05, 0) is 37.6 Å². The van der Waals surface area contributed by atoms with E-state index in [9.17, 15) is 9.59 Å². The number of likely N-dealkylation sites (tertiary alicyclic amines) is 1. The minimum atomic E-state index is -0.0680. The number of hydrogen-bond donors (Lipinski definition) is 0. The van der Waals surface area contributed by atoms with Crippen molar-refractivity contribution in [1.29, 1.82) is 0 Å². The molecule has 4 rings (SSSR count). The first-order valence-electron chi connectivity index (χ1n) is 9.20. The minimum Gasteiger partial charge on any atom is -0.484 e. The van der Waals surface area contributed by atoms with Gasteiger partial charge < -0.3 is 9.64 Å². The van der Waals surface area contributed by atoms with Gasteiger partial charge in [-0.2, -0.15) is 0 Å². The number of carbonyl (C=O) groups excluding carboxylic acids is 1. The molecule has 0 spiro atoms. The molecule has 1 amide bonds. The largest absolute Gasteiger partial charge is 0.484 e. The van der Waals surface area contributed by atoms with Crippen LogP contribution in [0.5, 0.6) is 5.75 Å². The molecule has 3 aromatic rings. The van der Waals surface area contributed by atoms with E-state index in [1.54, 1.807) is 20.2 Å². The van der Waals surface area contributed by atoms with Gasteiger partial charge in [0.15, 0.2) is 12.3 Å². The highest BCUT2D eigenvalue weighted by molar-refractivity contribution is 5.78. The van der Waals surface area contributed by atoms with E-state index in [2.05, 4.69) is 4.98 Å². The number of carbonyl (C=O) groups is 1. The van der Waals surface area contributed by atoms with E-state index in [4.69, 9.17) is 4.74 Å². The summed E-state index contributed by atoms with van der Waals surface area (Å²) in [5.41, 5.74) is 1.46. The van der Waals surface area contributed by atoms with Gasteiger partial charge in [0.2, 0.25) is 0 Å². The number of ether oxygens (including phenoxy) is 1. The first-order valence-corrected chi connectivity index (χ1v) is 9.20. The molecule has 7 nitrogen and oxygen atoms in total. The van der Waals surface area contributed by atoms with Crippen LogP contribution in [0.2, 0.25) is 0 Å². The third kappa shape index (κ3) is 3.20. The zero-order valence-corrected chi connectivity index (χ0v) is 15.2. The van der Waals surface area contributed by atoms with E-state index < -0.39 is 0 Å². The number of amides is 1. The maximum absolute atomic E-state index is 12.9. The summed E-state index contributed by atoms with van der Waals surface area (Å²) in [7, 11) is 0. The summed E-state index contributed by atoms with van der Waals surface area (Å²) in [6.45, 7) is 3.65. The third-order valence-corrected chi connectivity index (χ3v) is 5.03. The molecule has 27 heavy (non-hydrogen) atoms. The second kappa shape index (κ2) is 7.26. The van der Waals surface area contributed by atoms with Crippen molar-refractivity contribution in [3.8, 4) is 5.75 Å². The zero-order valence-electron chi connectivity index (χ0n) is 15.2. The summed E-state index contributed by atoms with van der Waals surface area (Å²) in [5, 5.41) is 0. The number of hydrogen-bond acceptors (Lipinski definition) is 4. The van der Waals surface area contributed by atoms with E-state index in [1.165, 1.54) is 0 Å². The molecule has 3 heterocycles. The van der Waals surface area contributed by atoms with Crippen LogP contribution >= 0.6 is 0 Å². The molecule has 0 unspecified atom stereocenters. The Labute approximate surface area is 156 Å². The molecule has 0 aliphatic carbocycles. The summed E-state index contributed by atoms with van der Waals surface area (Å²) < 4.78 is 9.03. The second-order valence-electron chi connectivity index (χ2n) is 6.63. The predicted octanol–water partition coefficient (Wildman–Crippen LogP) is 2.07. The third-order valence-electron chi connectivity index (χ3n) is 5.03. The number of fused-ring (bicyclic) bond motifs is 1. The molecule has 1 aliphatic rings. The number of para-hydroxylation sites is 1. The smallest absolute Gasteiger partial charge is 0.330 e. The number of pyridine rings is 1. The fraction of sp³-hybridized carbons (Fsp3) is 0.350. The Bertz CT molecular complexity index is 1010. The van der Waals surface area contributed by atoms with Crippen LogP contribution in [0.1, 0.15) is 19.4 Å². The van der Waals surface area contributed by atoms with Gasteiger partial charge in [0.05, 0.1) is 11.6 Å². The van der Waals surface area contributed by atoms with Crippen molar-refractivity contribution < 1.29 is 9.53 Å². The average molecular weight is 366 g/mol. The van der Waals surface area contributed by atoms with Crippen molar-refractivity contribution in [2.45, 2.75) is 25.9 Å². The monoisotopic (exact) mass is 366 g/mol. The second-order valence-corrected chi connectivity index (χ2v) is 6.63. The lowest BCUT2D eigenvalue weighted by molar-refractivity contribution is -0.132. The molecular weight excluding hydrogens is 344 g/mol. The van der Waals surface area contributed by atoms with E-state index in [0.717, 1.165) is 11.9 Å². The van der Waals surface area contributed by atoms with Crippen LogP contribution in [-0.2, 0) is 11.3 Å². The summed E-state index contributed by atoms with van der Waals surface area (Å²) in [4.78, 5) is 31.5. The molecule has 0 bridgehead atoms. The summed E-state index contributed by atoms with van der Waals surface area (Å²) >= 11 is 0. The molecule has 1 aromatic carbocycles. The molecule has 140 valence electrons. The van der Waals surface area contributed by atoms with Crippen LogP contribution in [0.3, 0.4) is 0 Å². The molecular formula is C20H22N4O3. The van der Waals surface area contributed by atoms with Crippen LogP contribution in [0.15, 0.2) is 53.5 Å². The van der Waals surface area contributed by atoms with Gasteiger partial charge in [0.1, 0.15) is 5.75 Å². The average Bonchev–Trinajstić information content (AvgIpc) is 3.28. The SMILES string of the molecule is CCn1c(=O)n([C@@H]2CCN(C(=O)COc3ccccc3)C2)c2ncccc21. The Morgan fingerprint density at radius 1 is 1.22 bits per heavy atom. The predicted molar refractivity (Wildman–Crippen MR) is 102 cm³/mol. The van der Waals surface area contributed by atoms with Gasteiger partial charge in [-0.1, -0.05) is 18.2 Å². The fourth-order valence-corrected chi connectivity index (χ4v) is 3.68. The normalized spacial score (nSPS) is 16.8. The van der Waals surface area contributed by atoms with Gasteiger partial charge in [-0.3, -0.25) is 13.9 Å². The van der Waals surface area contributed by atoms with E-state index in [0.29, 0.717) is 31.0 Å². The maximum atomic E-state index is 12.9. The topological polar surface area (TPSA) is 69.4 Å². The van der Waals surface area contributed by atoms with E-state index in [1.807, 2.05) is 49.4 Å². The zero-order chi connectivity index (χ0) is 18.8. The van der Waals surface area contributed by atoms with Gasteiger partial charge in [0, 0.05) is 25.8 Å². The molecule has 0 saturated carbocycles. The lowest BCUT2D eigenvalue weighted by Gasteiger charge is -2.17. The Morgan fingerprint density at radius 2 is 2.04 bits per heavy atom. The lowest BCUT2D eigenvalue weighted by atomic mass is 10.2. The number of imidazole rings is 1. The molecule has 1 fully saturated rings. The highest BCUT2D eigenvalue weighted by atomic mass is 16.5. The Kier molecular flexibility index (Phi) is 4.66. The maximum Gasteiger partial charge on any atom is 0.330 e. The number of nitrogens with zero attached hydrogens (tertiary/aromatic N) is 4. The lowest BCUT2D eigenvalue weighted by Crippen LogP contribution is -2.34. The Hall–Kier alpha value is -3.09. The summed E-state index contributed by atoms with van der Waals surface area (Å²) in [6.07, 6.45) is 2.43. The summed E-state index contributed by atoms with van der Waals surface area (Å²) in [5.74, 6) is 0.606. The van der Waals surface area contributed by atoms with Crippen molar-refractivity contribution in [3.05, 3.63) is 59.1 Å². The molecule has 7 heteroatoms. The van der Waals surface area contributed by atoms with Crippen molar-refractivity contribution in [3.63, 3.8) is 0 Å². The standard InChI is InChI=1S/C20H22N4O3/c1-2-23-17-9-6-11-21-19(17)24(20(23)26)15-10-12-22(13-15)18(25)14-27-16-7-4-3-5-8-16/h3-9,11,15H,2,10,12-14H2,1H3/t15-/m1/s1. The van der Waals surface area contributed by atoms with Crippen LogP contribution in [0.25, 0.3) is 11.2 Å². The van der Waals surface area contributed by atoms with Crippen molar-refractivity contribution in [2.75, 3.05) is 19.7 Å². The molecule has 0 radical (unpaired) electrons. The van der Waals surface area contributed by atoms with Crippen molar-refractivity contribution in [2.24, 2.45) is 0 Å². The van der Waals surface area contributed by atoms with E-state index >= 15 is 0 Å². The first kappa shape index (κ1) is 17.3. The van der Waals surface area contributed by atoms with Gasteiger partial charge in [0.25, 0.3) is 5.91 Å². The molecule has 2 aromatic heterocycles. The fourth-order valence-electron chi connectivity index (χ4n) is 3.68. The molecule has 0 N–H and O–H groups in total. The van der Waals surface area contributed by atoms with Crippen molar-refractivity contribution >= 4 is 17.1 Å². The highest BCUT2D eigenvalue weighted by Crippen LogP contribution is 2.24. The van der Waals surface area contributed by atoms with Gasteiger partial charge >= 0.3 is 5.69 Å². The number of rotatable bonds is 5. The number of benzene rings is 1. The van der Waals surface area contributed by atoms with Gasteiger partial charge in [-0.15, -0.1) is 0 Å². The molecule has 1 saturated heterocycles. The quantitative estimate of drug-likeness (QED) is 0.693. The van der Waals surface area contributed by atoms with Crippen LogP contribution in [-0.4, -0.2) is 44.6 Å². The molecule has 1 aliphatic heterocycles. The minimum absolute atomic E-state index is 0.000597. The first-order chi connectivity index (χ1) is 13.2. The van der Waals surface area contributed by atoms with Crippen LogP contribution < -0.4 is 10.4 Å². The number of aryl methyl sites for hydroxylation is 1. The van der Waals surface area contributed by atoms with Crippen LogP contribution in [0.4, 0.5) is 0 Å². The van der Waals surface area contributed by atoms with E-state index in [-0.39, 0.29) is 24.2 Å². The number of aromatic nitrogens is 3. The van der Waals surface area contributed by atoms with Crippen LogP contribution in [0, 0.1) is 0 Å².